The van der Waals surface area contributed by atoms with Crippen molar-refractivity contribution in [3.05, 3.63) is 0 Å². The van der Waals surface area contributed by atoms with Gasteiger partial charge in [0.1, 0.15) is 0 Å². The fourth-order valence-electron chi connectivity index (χ4n) is 2.01. The topological polar surface area (TPSA) is 66.6 Å². The molecule has 2 rings (SSSR count). The Morgan fingerprint density at radius 2 is 2.23 bits per heavy atom. The lowest BCUT2D eigenvalue weighted by Crippen LogP contribution is -2.59. The summed E-state index contributed by atoms with van der Waals surface area (Å²) >= 11 is 0. The molecule has 0 spiro atoms. The molecule has 1 saturated carbocycles. The molecule has 1 unspecified atom stereocenters. The van der Waals surface area contributed by atoms with Gasteiger partial charge in [0.25, 0.3) is 0 Å². The molecule has 1 heterocycles. The molecule has 4 heteroatoms. The summed E-state index contributed by atoms with van der Waals surface area (Å²) in [7, 11) is 0. The highest BCUT2D eigenvalue weighted by molar-refractivity contribution is 5.87. The number of carbonyl (C=O) groups excluding carboxylic acids is 1. The minimum absolute atomic E-state index is 0.0373. The second-order valence-electron chi connectivity index (χ2n) is 4.20. The summed E-state index contributed by atoms with van der Waals surface area (Å²) < 4.78 is 0. The lowest BCUT2D eigenvalue weighted by molar-refractivity contribution is -0.139. The maximum atomic E-state index is 11.8. The van der Waals surface area contributed by atoms with Gasteiger partial charge in [0, 0.05) is 13.1 Å². The molecule has 2 fully saturated rings. The summed E-state index contributed by atoms with van der Waals surface area (Å²) in [4.78, 5) is 13.5. The van der Waals surface area contributed by atoms with Crippen molar-refractivity contribution in [3.63, 3.8) is 0 Å². The van der Waals surface area contributed by atoms with E-state index in [0.29, 0.717) is 19.5 Å². The van der Waals surface area contributed by atoms with Crippen LogP contribution in [0.5, 0.6) is 0 Å². The molecule has 0 aromatic heterocycles. The number of likely N-dealkylation sites (tertiary alicyclic amines) is 1. The molecule has 0 bridgehead atoms. The highest BCUT2D eigenvalue weighted by Crippen LogP contribution is 2.31. The van der Waals surface area contributed by atoms with Gasteiger partial charge in [-0.15, -0.1) is 0 Å². The van der Waals surface area contributed by atoms with Crippen molar-refractivity contribution < 1.29 is 9.90 Å². The minimum Gasteiger partial charge on any atom is -0.391 e. The van der Waals surface area contributed by atoms with Gasteiger partial charge in [-0.05, 0) is 25.7 Å². The Bertz CT molecular complexity index is 226. The van der Waals surface area contributed by atoms with Crippen molar-refractivity contribution in [1.29, 1.82) is 0 Å². The quantitative estimate of drug-likeness (QED) is 0.575. The minimum atomic E-state index is -0.593. The zero-order valence-electron chi connectivity index (χ0n) is 7.70. The monoisotopic (exact) mass is 184 g/mol. The Morgan fingerprint density at radius 1 is 1.54 bits per heavy atom. The number of hydrogen-bond acceptors (Lipinski definition) is 3. The third kappa shape index (κ3) is 1.44. The van der Waals surface area contributed by atoms with Crippen molar-refractivity contribution in [2.24, 2.45) is 5.73 Å². The Labute approximate surface area is 77.7 Å². The van der Waals surface area contributed by atoms with E-state index in [4.69, 9.17) is 5.73 Å². The highest BCUT2D eigenvalue weighted by atomic mass is 16.3. The smallest absolute Gasteiger partial charge is 0.242 e. The number of amides is 1. The Balaban J connectivity index is 1.97. The number of aliphatic hydroxyl groups is 1. The second-order valence-corrected chi connectivity index (χ2v) is 4.20. The third-order valence-corrected chi connectivity index (χ3v) is 3.12. The van der Waals surface area contributed by atoms with E-state index in [1.165, 1.54) is 0 Å². The third-order valence-electron chi connectivity index (χ3n) is 3.12. The van der Waals surface area contributed by atoms with E-state index >= 15 is 0 Å². The number of β-amino-alcohol motifs (C(OH)–C–C–N with tert-alkyl or cyclic N) is 1. The van der Waals surface area contributed by atoms with Crippen LogP contribution in [0, 0.1) is 0 Å². The lowest BCUT2D eigenvalue weighted by Gasteiger charge is -2.39. The molecule has 2 aliphatic rings. The molecule has 0 aromatic rings. The number of nitrogens with two attached hydrogens (primary N) is 1. The first kappa shape index (κ1) is 8.97. The Kier molecular flexibility index (Phi) is 2.04. The molecule has 13 heavy (non-hydrogen) atoms. The maximum Gasteiger partial charge on any atom is 0.242 e. The SMILES string of the molecule is NC1(C(=O)N2CCC(O)C2)CCC1. The average molecular weight is 184 g/mol. The molecule has 3 N–H and O–H groups in total. The van der Waals surface area contributed by atoms with Gasteiger partial charge in [-0.3, -0.25) is 4.79 Å². The van der Waals surface area contributed by atoms with Gasteiger partial charge in [0.2, 0.25) is 5.91 Å². The molecule has 0 aromatic carbocycles. The Morgan fingerprint density at radius 3 is 2.62 bits per heavy atom. The lowest BCUT2D eigenvalue weighted by atomic mass is 9.76. The van der Waals surface area contributed by atoms with Crippen LogP contribution >= 0.6 is 0 Å². The van der Waals surface area contributed by atoms with E-state index in [1.807, 2.05) is 0 Å². The van der Waals surface area contributed by atoms with Crippen molar-refractivity contribution >= 4 is 5.91 Å². The van der Waals surface area contributed by atoms with Crippen LogP contribution in [0.15, 0.2) is 0 Å². The molecule has 4 nitrogen and oxygen atoms in total. The van der Waals surface area contributed by atoms with Crippen LogP contribution in [-0.4, -0.2) is 40.6 Å². The van der Waals surface area contributed by atoms with Crippen LogP contribution < -0.4 is 5.73 Å². The Hall–Kier alpha value is -0.610. The van der Waals surface area contributed by atoms with Crippen LogP contribution in [-0.2, 0) is 4.79 Å². The van der Waals surface area contributed by atoms with Gasteiger partial charge in [-0.2, -0.15) is 0 Å². The van der Waals surface area contributed by atoms with E-state index < -0.39 is 5.54 Å². The van der Waals surface area contributed by atoms with Gasteiger partial charge in [-0.1, -0.05) is 0 Å². The molecule has 1 aliphatic carbocycles. The number of nitrogens with zero attached hydrogens (tertiary/aromatic N) is 1. The first-order valence-electron chi connectivity index (χ1n) is 4.88. The van der Waals surface area contributed by atoms with Crippen molar-refractivity contribution in [1.82, 2.24) is 4.90 Å². The van der Waals surface area contributed by atoms with Crippen LogP contribution in [0.25, 0.3) is 0 Å². The first-order valence-corrected chi connectivity index (χ1v) is 4.88. The van der Waals surface area contributed by atoms with Gasteiger partial charge in [0.15, 0.2) is 0 Å². The van der Waals surface area contributed by atoms with Crippen LogP contribution in [0.4, 0.5) is 0 Å². The van der Waals surface area contributed by atoms with Gasteiger partial charge >= 0.3 is 0 Å². The van der Waals surface area contributed by atoms with Crippen molar-refractivity contribution in [2.45, 2.75) is 37.3 Å². The normalized spacial score (nSPS) is 31.5. The van der Waals surface area contributed by atoms with E-state index in [-0.39, 0.29) is 12.0 Å². The van der Waals surface area contributed by atoms with Gasteiger partial charge < -0.3 is 15.7 Å². The second kappa shape index (κ2) is 2.96. The largest absolute Gasteiger partial charge is 0.391 e. The van der Waals surface area contributed by atoms with Gasteiger partial charge in [0.05, 0.1) is 11.6 Å². The summed E-state index contributed by atoms with van der Waals surface area (Å²) in [5.74, 6) is 0.0373. The first-order chi connectivity index (χ1) is 6.12. The molecule has 74 valence electrons. The molecule has 0 radical (unpaired) electrons. The fourth-order valence-corrected chi connectivity index (χ4v) is 2.01. The van der Waals surface area contributed by atoms with Crippen molar-refractivity contribution in [3.8, 4) is 0 Å². The predicted molar refractivity (Wildman–Crippen MR) is 48.0 cm³/mol. The van der Waals surface area contributed by atoms with E-state index in [0.717, 1.165) is 19.3 Å². The van der Waals surface area contributed by atoms with Crippen LogP contribution in [0.2, 0.25) is 0 Å². The summed E-state index contributed by atoms with van der Waals surface area (Å²) in [6, 6.07) is 0. The van der Waals surface area contributed by atoms with Gasteiger partial charge in [-0.25, -0.2) is 0 Å². The van der Waals surface area contributed by atoms with E-state index in [2.05, 4.69) is 0 Å². The zero-order valence-corrected chi connectivity index (χ0v) is 7.70. The average Bonchev–Trinajstić information content (AvgIpc) is 2.46. The number of rotatable bonds is 1. The highest BCUT2D eigenvalue weighted by Gasteiger charge is 2.43. The molecular formula is C9H16N2O2. The summed E-state index contributed by atoms with van der Waals surface area (Å²) in [5.41, 5.74) is 5.31. The standard InChI is InChI=1S/C9H16N2O2/c10-9(3-1-4-9)8(13)11-5-2-7(12)6-11/h7,12H,1-6,10H2. The molecular weight excluding hydrogens is 168 g/mol. The molecule has 1 atom stereocenters. The van der Waals surface area contributed by atoms with Crippen LogP contribution in [0.1, 0.15) is 25.7 Å². The number of hydrogen-bond donors (Lipinski definition) is 2. The zero-order chi connectivity index (χ0) is 9.47. The van der Waals surface area contributed by atoms with Crippen molar-refractivity contribution in [2.75, 3.05) is 13.1 Å². The van der Waals surface area contributed by atoms with E-state index in [1.54, 1.807) is 4.90 Å². The van der Waals surface area contributed by atoms with E-state index in [9.17, 15) is 9.90 Å². The number of aliphatic hydroxyl groups excluding tert-OH is 1. The molecule has 1 amide bonds. The molecule has 1 saturated heterocycles. The fraction of sp³-hybridized carbons (Fsp3) is 0.889. The number of carbonyl (C=O) groups is 1. The summed E-state index contributed by atoms with van der Waals surface area (Å²) in [5, 5.41) is 9.27. The summed E-state index contributed by atoms with van der Waals surface area (Å²) in [6.07, 6.45) is 3.02. The maximum absolute atomic E-state index is 11.8. The van der Waals surface area contributed by atoms with Crippen LogP contribution in [0.3, 0.4) is 0 Å². The summed E-state index contributed by atoms with van der Waals surface area (Å²) in [6.45, 7) is 1.14. The molecule has 1 aliphatic heterocycles. The predicted octanol–water partition coefficient (Wildman–Crippen LogP) is -0.539.